The van der Waals surface area contributed by atoms with Crippen LogP contribution >= 0.6 is 0 Å². The Morgan fingerprint density at radius 1 is 1.36 bits per heavy atom. The average Bonchev–Trinajstić information content (AvgIpc) is 3.05. The molecule has 0 radical (unpaired) electrons. The summed E-state index contributed by atoms with van der Waals surface area (Å²) in [4.78, 5) is 32.9. The molecule has 0 saturated carbocycles. The van der Waals surface area contributed by atoms with E-state index in [-0.39, 0.29) is 17.5 Å². The van der Waals surface area contributed by atoms with Crippen molar-refractivity contribution in [3.8, 4) is 0 Å². The monoisotopic (exact) mass is 338 g/mol. The molecular weight excluding hydrogens is 316 g/mol. The van der Waals surface area contributed by atoms with Crippen molar-refractivity contribution in [2.45, 2.75) is 26.3 Å². The van der Waals surface area contributed by atoms with E-state index in [1.807, 2.05) is 49.1 Å². The lowest BCUT2D eigenvalue weighted by Crippen LogP contribution is -2.38. The van der Waals surface area contributed by atoms with Gasteiger partial charge in [-0.25, -0.2) is 4.98 Å². The Kier molecular flexibility index (Phi) is 4.97. The second-order valence-electron chi connectivity index (χ2n) is 6.39. The fourth-order valence-electron chi connectivity index (χ4n) is 2.92. The van der Waals surface area contributed by atoms with Crippen molar-refractivity contribution in [2.75, 3.05) is 18.0 Å². The van der Waals surface area contributed by atoms with E-state index in [0.717, 1.165) is 12.0 Å². The Morgan fingerprint density at radius 3 is 2.84 bits per heavy atom. The van der Waals surface area contributed by atoms with Crippen molar-refractivity contribution in [3.63, 3.8) is 0 Å². The highest BCUT2D eigenvalue weighted by atomic mass is 16.2. The number of amides is 1. The molecule has 1 fully saturated rings. The number of aromatic nitrogens is 2. The number of carbonyl (C=O) groups is 1. The summed E-state index contributed by atoms with van der Waals surface area (Å²) in [5, 5.41) is 3.04. The number of carbonyl (C=O) groups excluding carboxylic acids is 1. The molecule has 1 aromatic carbocycles. The van der Waals surface area contributed by atoms with Gasteiger partial charge in [-0.1, -0.05) is 29.8 Å². The zero-order valence-corrected chi connectivity index (χ0v) is 14.5. The maximum atomic E-state index is 12.4. The van der Waals surface area contributed by atoms with E-state index in [2.05, 4.69) is 15.3 Å². The van der Waals surface area contributed by atoms with Gasteiger partial charge in [0.05, 0.1) is 0 Å². The Hall–Kier alpha value is -2.89. The van der Waals surface area contributed by atoms with E-state index in [1.54, 1.807) is 6.20 Å². The van der Waals surface area contributed by atoms with Crippen LogP contribution in [0.4, 0.5) is 5.82 Å². The first-order valence-electron chi connectivity index (χ1n) is 8.37. The van der Waals surface area contributed by atoms with E-state index in [9.17, 15) is 9.59 Å². The van der Waals surface area contributed by atoms with Crippen LogP contribution in [-0.2, 0) is 4.79 Å². The van der Waals surface area contributed by atoms with Gasteiger partial charge in [0.1, 0.15) is 0 Å². The summed E-state index contributed by atoms with van der Waals surface area (Å²) in [6, 6.07) is 8.05. The number of benzene rings is 1. The molecule has 0 spiro atoms. The lowest BCUT2D eigenvalue weighted by Gasteiger charge is -2.17. The summed E-state index contributed by atoms with van der Waals surface area (Å²) in [6.07, 6.45) is 5.75. The molecule has 3 rings (SSSR count). The summed E-state index contributed by atoms with van der Waals surface area (Å²) >= 11 is 0. The summed E-state index contributed by atoms with van der Waals surface area (Å²) in [6.45, 7) is 5.13. The molecule has 1 aliphatic rings. The number of nitrogens with one attached hydrogen (secondary N) is 2. The van der Waals surface area contributed by atoms with Gasteiger partial charge in [0, 0.05) is 37.1 Å². The molecule has 0 bridgehead atoms. The Balaban J connectivity index is 1.61. The largest absolute Gasteiger partial charge is 0.350 e. The smallest absolute Gasteiger partial charge is 0.290 e. The lowest BCUT2D eigenvalue weighted by atomic mass is 10.1. The highest BCUT2D eigenvalue weighted by molar-refractivity contribution is 5.97. The highest BCUT2D eigenvalue weighted by Gasteiger charge is 2.26. The van der Waals surface area contributed by atoms with Crippen molar-refractivity contribution in [3.05, 3.63) is 63.7 Å². The number of H-pyrrole nitrogens is 1. The normalized spacial score (nSPS) is 17.6. The molecule has 1 unspecified atom stereocenters. The van der Waals surface area contributed by atoms with E-state index < -0.39 is 0 Å². The third kappa shape index (κ3) is 4.15. The van der Waals surface area contributed by atoms with Gasteiger partial charge in [0.15, 0.2) is 5.82 Å². The second-order valence-corrected chi connectivity index (χ2v) is 6.39. The third-order valence-corrected chi connectivity index (χ3v) is 4.33. The second kappa shape index (κ2) is 7.34. The molecule has 1 aromatic heterocycles. The lowest BCUT2D eigenvalue weighted by molar-refractivity contribution is -0.117. The first kappa shape index (κ1) is 17.0. The molecule has 2 heterocycles. The molecule has 2 N–H and O–H groups in total. The van der Waals surface area contributed by atoms with Crippen molar-refractivity contribution in [2.24, 2.45) is 0 Å². The van der Waals surface area contributed by atoms with E-state index in [1.165, 1.54) is 11.8 Å². The minimum atomic E-state index is -0.204. The van der Waals surface area contributed by atoms with Crippen LogP contribution in [-0.4, -0.2) is 35.0 Å². The minimum absolute atomic E-state index is 0.00951. The summed E-state index contributed by atoms with van der Waals surface area (Å²) in [7, 11) is 0. The molecule has 2 aromatic rings. The van der Waals surface area contributed by atoms with Crippen LogP contribution in [0.1, 0.15) is 24.5 Å². The summed E-state index contributed by atoms with van der Waals surface area (Å²) in [5.41, 5.74) is 2.66. The van der Waals surface area contributed by atoms with Gasteiger partial charge in [0.25, 0.3) is 5.56 Å². The molecule has 130 valence electrons. The van der Waals surface area contributed by atoms with Crippen LogP contribution in [0, 0.1) is 6.92 Å². The van der Waals surface area contributed by atoms with Gasteiger partial charge >= 0.3 is 0 Å². The molecule has 1 aliphatic heterocycles. The van der Waals surface area contributed by atoms with Crippen LogP contribution in [0.3, 0.4) is 0 Å². The molecule has 6 nitrogen and oxygen atoms in total. The van der Waals surface area contributed by atoms with Gasteiger partial charge in [0.2, 0.25) is 5.91 Å². The summed E-state index contributed by atoms with van der Waals surface area (Å²) < 4.78 is 0. The molecule has 25 heavy (non-hydrogen) atoms. The van der Waals surface area contributed by atoms with Gasteiger partial charge in [-0.2, -0.15) is 0 Å². The molecular formula is C19H22N4O2. The van der Waals surface area contributed by atoms with Crippen molar-refractivity contribution < 1.29 is 4.79 Å². The first-order chi connectivity index (χ1) is 12.0. The van der Waals surface area contributed by atoms with Crippen LogP contribution < -0.4 is 15.8 Å². The fourth-order valence-corrected chi connectivity index (χ4v) is 2.92. The maximum Gasteiger partial charge on any atom is 0.290 e. The Labute approximate surface area is 146 Å². The number of aryl methyl sites for hydroxylation is 1. The maximum absolute atomic E-state index is 12.4. The fraction of sp³-hybridized carbons (Fsp3) is 0.316. The number of anilines is 1. The predicted octanol–water partition coefficient (Wildman–Crippen LogP) is 1.88. The number of hydrogen-bond acceptors (Lipinski definition) is 4. The van der Waals surface area contributed by atoms with Crippen LogP contribution in [0.15, 0.2) is 47.0 Å². The van der Waals surface area contributed by atoms with Crippen molar-refractivity contribution >= 4 is 17.8 Å². The van der Waals surface area contributed by atoms with E-state index in [0.29, 0.717) is 24.5 Å². The minimum Gasteiger partial charge on any atom is -0.350 e. The number of hydrogen-bond donors (Lipinski definition) is 2. The van der Waals surface area contributed by atoms with Gasteiger partial charge < -0.3 is 15.2 Å². The zero-order chi connectivity index (χ0) is 17.8. The first-order valence-corrected chi connectivity index (χ1v) is 8.37. The van der Waals surface area contributed by atoms with Crippen LogP contribution in [0.25, 0.3) is 6.08 Å². The summed E-state index contributed by atoms with van der Waals surface area (Å²) in [5.74, 6) is 0.327. The number of nitrogens with zero attached hydrogens (tertiary/aromatic N) is 2. The number of aromatic amines is 1. The van der Waals surface area contributed by atoms with Crippen LogP contribution in [0.2, 0.25) is 0 Å². The Bertz CT molecular complexity index is 839. The van der Waals surface area contributed by atoms with Crippen molar-refractivity contribution in [1.29, 1.82) is 0 Å². The molecule has 1 amide bonds. The van der Waals surface area contributed by atoms with Gasteiger partial charge in [-0.3, -0.25) is 9.59 Å². The predicted molar refractivity (Wildman–Crippen MR) is 98.4 cm³/mol. The molecule has 0 aliphatic carbocycles. The number of rotatable bonds is 4. The van der Waals surface area contributed by atoms with E-state index >= 15 is 0 Å². The molecule has 1 saturated heterocycles. The SMILES string of the molecule is C/C(=C\c1ccc(C)cc1)C(=O)NC1CCN(c2ncc[nH]c2=O)C1. The van der Waals surface area contributed by atoms with Gasteiger partial charge in [-0.05, 0) is 31.9 Å². The zero-order valence-electron chi connectivity index (χ0n) is 14.5. The molecule has 1 atom stereocenters. The standard InChI is InChI=1S/C19H22N4O2/c1-13-3-5-15(6-4-13)11-14(2)18(24)22-16-7-10-23(12-16)17-19(25)21-9-8-20-17/h3-6,8-9,11,16H,7,10,12H2,1-2H3,(H,21,25)(H,22,24)/b14-11+. The van der Waals surface area contributed by atoms with Crippen LogP contribution in [0.5, 0.6) is 0 Å². The quantitative estimate of drug-likeness (QED) is 0.835. The molecule has 6 heteroatoms. The van der Waals surface area contributed by atoms with E-state index in [4.69, 9.17) is 0 Å². The highest BCUT2D eigenvalue weighted by Crippen LogP contribution is 2.15. The average molecular weight is 338 g/mol. The van der Waals surface area contributed by atoms with Crippen molar-refractivity contribution in [1.82, 2.24) is 15.3 Å². The van der Waals surface area contributed by atoms with Gasteiger partial charge in [-0.15, -0.1) is 0 Å². The Morgan fingerprint density at radius 2 is 2.12 bits per heavy atom. The topological polar surface area (TPSA) is 78.1 Å². The third-order valence-electron chi connectivity index (χ3n) is 4.33.